The Morgan fingerprint density at radius 1 is 1.12 bits per heavy atom. The Kier molecular flexibility index (Phi) is 10.7. The predicted octanol–water partition coefficient (Wildman–Crippen LogP) is -0.912. The Hall–Kier alpha value is -2.01. The third-order valence-electron chi connectivity index (χ3n) is 2.93. The highest BCUT2D eigenvalue weighted by atomic mass is 31.2. The van der Waals surface area contributed by atoms with Gasteiger partial charge in [0, 0.05) is 6.42 Å². The van der Waals surface area contributed by atoms with Crippen LogP contribution >= 0.6 is 7.60 Å². The first-order chi connectivity index (χ1) is 12.1. The van der Waals surface area contributed by atoms with E-state index in [2.05, 4.69) is 5.32 Å². The maximum atomic E-state index is 12.9. The first-order valence-corrected chi connectivity index (χ1v) is 9.34. The zero-order valence-electron chi connectivity index (χ0n) is 14.5. The maximum absolute atomic E-state index is 12.9. The number of nitrogens with two attached hydrogens (primary N) is 1. The first-order valence-electron chi connectivity index (χ1n) is 7.72. The molecule has 0 radical (unpaired) electrons. The number of carboxylic acids is 2. The molecule has 2 atom stereocenters. The smallest absolute Gasteiger partial charge is 0.357 e. The van der Waals surface area contributed by atoms with Crippen LogP contribution in [0.2, 0.25) is 0 Å². The van der Waals surface area contributed by atoms with E-state index in [0.29, 0.717) is 0 Å². The number of carbonyl (C=O) groups excluding carboxylic acids is 2. The Balaban J connectivity index is 5.60. The molecule has 0 spiro atoms. The van der Waals surface area contributed by atoms with Crippen molar-refractivity contribution in [1.82, 2.24) is 10.6 Å². The summed E-state index contributed by atoms with van der Waals surface area (Å²) in [6, 6.07) is -1.47. The van der Waals surface area contributed by atoms with Gasteiger partial charge in [-0.05, 0) is 20.3 Å². The predicted molar refractivity (Wildman–Crippen MR) is 88.3 cm³/mol. The fourth-order valence-electron chi connectivity index (χ4n) is 1.87. The summed E-state index contributed by atoms with van der Waals surface area (Å²) in [5.74, 6) is -6.42. The van der Waals surface area contributed by atoms with Crippen molar-refractivity contribution in [2.75, 3.05) is 19.8 Å². The van der Waals surface area contributed by atoms with Gasteiger partial charge in [-0.3, -0.25) is 29.1 Å². The summed E-state index contributed by atoms with van der Waals surface area (Å²) in [5, 5.41) is 22.2. The molecule has 0 heterocycles. The molecule has 0 rings (SSSR count). The second-order valence-electron chi connectivity index (χ2n) is 4.95. The van der Waals surface area contributed by atoms with Crippen molar-refractivity contribution >= 4 is 31.3 Å². The van der Waals surface area contributed by atoms with E-state index in [1.807, 2.05) is 5.32 Å². The summed E-state index contributed by atoms with van der Waals surface area (Å²) in [4.78, 5) is 45.2. The largest absolute Gasteiger partial charge is 0.480 e. The number of carboxylic acid groups (broad SMARTS) is 2. The topological polar surface area (TPSA) is 194 Å². The van der Waals surface area contributed by atoms with E-state index in [0.717, 1.165) is 0 Å². The second kappa shape index (κ2) is 11.6. The molecule has 0 aliphatic rings. The number of nitrogens with one attached hydrogen (secondary N) is 2. The average Bonchev–Trinajstić information content (AvgIpc) is 2.52. The standard InChI is InChI=1S/C13H24N3O9P/c1-3-24-26(23,25-4-2)12(11(20)15-7-10(18)19)16-8(13(21)22)5-6-9(14)17/h8,12,16H,3-7H2,1-2H3,(H2,14,17)(H,15,20)(H,18,19)(H,21,22)/t8-,12+/m0/s1. The summed E-state index contributed by atoms with van der Waals surface area (Å²) >= 11 is 0. The number of carbonyl (C=O) groups is 4. The third-order valence-corrected chi connectivity index (χ3v) is 5.19. The highest BCUT2D eigenvalue weighted by molar-refractivity contribution is 7.55. The number of rotatable bonds is 14. The molecule has 0 saturated carbocycles. The van der Waals surface area contributed by atoms with Crippen LogP contribution in [0.5, 0.6) is 0 Å². The van der Waals surface area contributed by atoms with Gasteiger partial charge in [0.05, 0.1) is 13.2 Å². The first kappa shape index (κ1) is 24.0. The van der Waals surface area contributed by atoms with Gasteiger partial charge < -0.3 is 30.3 Å². The van der Waals surface area contributed by atoms with E-state index < -0.39 is 49.7 Å². The van der Waals surface area contributed by atoms with Crippen molar-refractivity contribution in [3.05, 3.63) is 0 Å². The normalized spacial score (nSPS) is 13.6. The van der Waals surface area contributed by atoms with Gasteiger partial charge in [-0.1, -0.05) is 0 Å². The van der Waals surface area contributed by atoms with Crippen LogP contribution in [0.3, 0.4) is 0 Å². The van der Waals surface area contributed by atoms with Crippen LogP contribution in [-0.2, 0) is 32.8 Å². The monoisotopic (exact) mass is 397 g/mol. The van der Waals surface area contributed by atoms with Crippen LogP contribution in [0.15, 0.2) is 0 Å². The molecule has 0 fully saturated rings. The van der Waals surface area contributed by atoms with E-state index in [-0.39, 0.29) is 26.1 Å². The molecular weight excluding hydrogens is 373 g/mol. The zero-order valence-corrected chi connectivity index (χ0v) is 15.4. The highest BCUT2D eigenvalue weighted by Crippen LogP contribution is 2.52. The lowest BCUT2D eigenvalue weighted by atomic mass is 10.1. The Bertz CT molecular complexity index is 559. The van der Waals surface area contributed by atoms with Gasteiger partial charge in [0.1, 0.15) is 12.6 Å². The summed E-state index contributed by atoms with van der Waals surface area (Å²) in [7, 11) is -4.18. The summed E-state index contributed by atoms with van der Waals surface area (Å²) < 4.78 is 23.0. The molecule has 12 nitrogen and oxygen atoms in total. The summed E-state index contributed by atoms with van der Waals surface area (Å²) in [6.45, 7) is 1.97. The lowest BCUT2D eigenvalue weighted by molar-refractivity contribution is -0.141. The number of hydrogen-bond acceptors (Lipinski definition) is 8. The third kappa shape index (κ3) is 8.39. The van der Waals surface area contributed by atoms with Crippen LogP contribution in [-0.4, -0.2) is 65.5 Å². The van der Waals surface area contributed by atoms with E-state index in [1.165, 1.54) is 13.8 Å². The van der Waals surface area contributed by atoms with Gasteiger partial charge >= 0.3 is 19.5 Å². The fraction of sp³-hybridized carbons (Fsp3) is 0.692. The number of amides is 2. The fourth-order valence-corrected chi connectivity index (χ4v) is 3.70. The van der Waals surface area contributed by atoms with Crippen molar-refractivity contribution in [1.29, 1.82) is 0 Å². The quantitative estimate of drug-likeness (QED) is 0.229. The molecule has 0 aliphatic carbocycles. The summed E-state index contributed by atoms with van der Waals surface area (Å²) in [5.41, 5.74) is 4.99. The van der Waals surface area contributed by atoms with Crippen molar-refractivity contribution < 1.29 is 43.0 Å². The Morgan fingerprint density at radius 2 is 1.65 bits per heavy atom. The van der Waals surface area contributed by atoms with Crippen LogP contribution in [0.4, 0.5) is 0 Å². The van der Waals surface area contributed by atoms with Crippen molar-refractivity contribution in [3.8, 4) is 0 Å². The highest BCUT2D eigenvalue weighted by Gasteiger charge is 2.43. The van der Waals surface area contributed by atoms with Crippen molar-refractivity contribution in [2.24, 2.45) is 5.73 Å². The van der Waals surface area contributed by atoms with E-state index >= 15 is 0 Å². The minimum absolute atomic E-state index is 0.110. The van der Waals surface area contributed by atoms with Gasteiger partial charge in [-0.25, -0.2) is 0 Å². The molecule has 0 aromatic rings. The van der Waals surface area contributed by atoms with Crippen molar-refractivity contribution in [3.63, 3.8) is 0 Å². The van der Waals surface area contributed by atoms with Crippen LogP contribution in [0, 0.1) is 0 Å². The SMILES string of the molecule is CCOP(=O)(OCC)[C@@H](N[C@@H](CCC(N)=O)C(=O)O)C(=O)NCC(=O)O. The van der Waals surface area contributed by atoms with Gasteiger partial charge in [0.2, 0.25) is 11.8 Å². The number of hydrogen-bond donors (Lipinski definition) is 5. The van der Waals surface area contributed by atoms with Crippen LogP contribution in [0.25, 0.3) is 0 Å². The minimum atomic E-state index is -4.18. The Morgan fingerprint density at radius 3 is 2.04 bits per heavy atom. The molecule has 0 aromatic carbocycles. The summed E-state index contributed by atoms with van der Waals surface area (Å²) in [6.07, 6.45) is -0.591. The van der Waals surface area contributed by atoms with Gasteiger partial charge in [0.25, 0.3) is 0 Å². The van der Waals surface area contributed by atoms with Gasteiger partial charge in [-0.15, -0.1) is 0 Å². The van der Waals surface area contributed by atoms with E-state index in [1.54, 1.807) is 0 Å². The molecule has 0 saturated heterocycles. The molecule has 26 heavy (non-hydrogen) atoms. The average molecular weight is 397 g/mol. The van der Waals surface area contributed by atoms with E-state index in [9.17, 15) is 28.8 Å². The lowest BCUT2D eigenvalue weighted by Crippen LogP contribution is -2.52. The molecule has 0 bridgehead atoms. The van der Waals surface area contributed by atoms with Crippen molar-refractivity contribution in [2.45, 2.75) is 38.5 Å². The van der Waals surface area contributed by atoms with Crippen LogP contribution in [0.1, 0.15) is 26.7 Å². The molecule has 6 N–H and O–H groups in total. The molecule has 0 aromatic heterocycles. The van der Waals surface area contributed by atoms with Gasteiger partial charge in [0.15, 0.2) is 5.78 Å². The second-order valence-corrected chi connectivity index (χ2v) is 7.06. The minimum Gasteiger partial charge on any atom is -0.480 e. The zero-order chi connectivity index (χ0) is 20.3. The molecule has 150 valence electrons. The lowest BCUT2D eigenvalue weighted by Gasteiger charge is -2.28. The van der Waals surface area contributed by atoms with Gasteiger partial charge in [-0.2, -0.15) is 0 Å². The molecule has 0 aliphatic heterocycles. The molecule has 2 amide bonds. The van der Waals surface area contributed by atoms with Crippen LogP contribution < -0.4 is 16.4 Å². The molecular formula is C13H24N3O9P. The molecule has 0 unspecified atom stereocenters. The number of aliphatic carboxylic acids is 2. The maximum Gasteiger partial charge on any atom is 0.357 e. The number of primary amides is 1. The van der Waals surface area contributed by atoms with E-state index in [4.69, 9.17) is 19.9 Å². The Labute approximate surface area is 149 Å². The molecule has 13 heteroatoms.